The summed E-state index contributed by atoms with van der Waals surface area (Å²) in [6, 6.07) is 6.00. The summed E-state index contributed by atoms with van der Waals surface area (Å²) >= 11 is 0. The number of nitrogens with zero attached hydrogens (tertiary/aromatic N) is 7. The monoisotopic (exact) mass is 377 g/mol. The van der Waals surface area contributed by atoms with Crippen molar-refractivity contribution in [3.05, 3.63) is 36.4 Å². The molecule has 2 aromatic heterocycles. The van der Waals surface area contributed by atoms with Crippen molar-refractivity contribution in [2.24, 2.45) is 0 Å². The van der Waals surface area contributed by atoms with Crippen LogP contribution in [0.4, 0.5) is 10.2 Å². The SMILES string of the molecule is CS(=O)(=O)N1CCN(c2ncnc3c2nnn3-c2cccc(F)c2)CC1. The maximum absolute atomic E-state index is 13.5. The molecule has 26 heavy (non-hydrogen) atoms. The van der Waals surface area contributed by atoms with Crippen LogP contribution in [0.5, 0.6) is 0 Å². The molecule has 0 amide bonds. The first-order valence-corrected chi connectivity index (χ1v) is 9.81. The molecule has 0 aliphatic carbocycles. The van der Waals surface area contributed by atoms with E-state index in [2.05, 4.69) is 20.3 Å². The lowest BCUT2D eigenvalue weighted by Crippen LogP contribution is -2.48. The lowest BCUT2D eigenvalue weighted by atomic mass is 10.3. The topological polar surface area (TPSA) is 97.1 Å². The van der Waals surface area contributed by atoms with Crippen molar-refractivity contribution in [2.45, 2.75) is 0 Å². The molecule has 0 bridgehead atoms. The Labute approximate surface area is 149 Å². The van der Waals surface area contributed by atoms with E-state index in [1.54, 1.807) is 12.1 Å². The van der Waals surface area contributed by atoms with Crippen LogP contribution in [0.25, 0.3) is 16.9 Å². The third kappa shape index (κ3) is 2.99. The van der Waals surface area contributed by atoms with Crippen LogP contribution in [0.2, 0.25) is 0 Å². The molecule has 1 aromatic carbocycles. The Morgan fingerprint density at radius 3 is 2.58 bits per heavy atom. The Hall–Kier alpha value is -2.66. The van der Waals surface area contributed by atoms with E-state index in [1.807, 2.05) is 4.90 Å². The summed E-state index contributed by atoms with van der Waals surface area (Å²) < 4.78 is 39.7. The summed E-state index contributed by atoms with van der Waals surface area (Å²) in [5, 5.41) is 8.24. The van der Waals surface area contributed by atoms with Gasteiger partial charge < -0.3 is 4.90 Å². The van der Waals surface area contributed by atoms with Crippen molar-refractivity contribution in [2.75, 3.05) is 37.3 Å². The van der Waals surface area contributed by atoms with Crippen molar-refractivity contribution < 1.29 is 12.8 Å². The number of rotatable bonds is 3. The first kappa shape index (κ1) is 16.8. The van der Waals surface area contributed by atoms with E-state index >= 15 is 0 Å². The van der Waals surface area contributed by atoms with Crippen molar-refractivity contribution in [1.82, 2.24) is 29.3 Å². The normalized spacial score (nSPS) is 16.3. The molecule has 0 atom stereocenters. The van der Waals surface area contributed by atoms with Gasteiger partial charge in [0.15, 0.2) is 17.0 Å². The number of anilines is 1. The minimum absolute atomic E-state index is 0.377. The van der Waals surface area contributed by atoms with E-state index in [9.17, 15) is 12.8 Å². The highest BCUT2D eigenvalue weighted by atomic mass is 32.2. The largest absolute Gasteiger partial charge is 0.352 e. The lowest BCUT2D eigenvalue weighted by Gasteiger charge is -2.33. The van der Waals surface area contributed by atoms with E-state index in [1.165, 1.54) is 33.7 Å². The molecule has 1 fully saturated rings. The first-order chi connectivity index (χ1) is 12.4. The molecule has 1 aliphatic heterocycles. The Morgan fingerprint density at radius 2 is 1.88 bits per heavy atom. The zero-order valence-corrected chi connectivity index (χ0v) is 14.8. The number of halogens is 1. The summed E-state index contributed by atoms with van der Waals surface area (Å²) in [6.07, 6.45) is 2.61. The van der Waals surface area contributed by atoms with E-state index in [4.69, 9.17) is 0 Å². The summed E-state index contributed by atoms with van der Waals surface area (Å²) in [4.78, 5) is 10.5. The summed E-state index contributed by atoms with van der Waals surface area (Å²) in [5.74, 6) is 0.211. The van der Waals surface area contributed by atoms with Crippen LogP contribution in [0.1, 0.15) is 0 Å². The highest BCUT2D eigenvalue weighted by Gasteiger charge is 2.26. The van der Waals surface area contributed by atoms with Crippen LogP contribution in [-0.4, -0.2) is 70.1 Å². The minimum Gasteiger partial charge on any atom is -0.352 e. The van der Waals surface area contributed by atoms with Gasteiger partial charge in [-0.15, -0.1) is 5.10 Å². The highest BCUT2D eigenvalue weighted by Crippen LogP contribution is 2.24. The Morgan fingerprint density at radius 1 is 1.12 bits per heavy atom. The smallest absolute Gasteiger partial charge is 0.211 e. The molecule has 0 radical (unpaired) electrons. The lowest BCUT2D eigenvalue weighted by molar-refractivity contribution is 0.387. The summed E-state index contributed by atoms with van der Waals surface area (Å²) in [7, 11) is -3.20. The van der Waals surface area contributed by atoms with Crippen LogP contribution >= 0.6 is 0 Å². The van der Waals surface area contributed by atoms with E-state index in [0.29, 0.717) is 48.8 Å². The molecule has 3 heterocycles. The van der Waals surface area contributed by atoms with E-state index < -0.39 is 10.0 Å². The molecule has 1 saturated heterocycles. The van der Waals surface area contributed by atoms with Crippen molar-refractivity contribution >= 4 is 27.0 Å². The molecule has 3 aromatic rings. The molecule has 11 heteroatoms. The standard InChI is InChI=1S/C15H16FN7O2S/c1-26(24,25)22-7-5-21(6-8-22)14-13-15(18-10-17-14)23(20-19-13)12-4-2-3-11(16)9-12/h2-4,9-10H,5-8H2,1H3. The maximum atomic E-state index is 13.5. The molecular weight excluding hydrogens is 361 g/mol. The fourth-order valence-electron chi connectivity index (χ4n) is 2.98. The van der Waals surface area contributed by atoms with Gasteiger partial charge in [-0.2, -0.15) is 8.99 Å². The second-order valence-electron chi connectivity index (χ2n) is 6.00. The van der Waals surface area contributed by atoms with E-state index in [0.717, 1.165) is 0 Å². The predicted molar refractivity (Wildman–Crippen MR) is 93.0 cm³/mol. The Kier molecular flexibility index (Phi) is 4.04. The molecule has 9 nitrogen and oxygen atoms in total. The molecule has 1 aliphatic rings. The van der Waals surface area contributed by atoms with Gasteiger partial charge in [-0.1, -0.05) is 11.3 Å². The van der Waals surface area contributed by atoms with Crippen molar-refractivity contribution in [3.8, 4) is 5.69 Å². The summed E-state index contributed by atoms with van der Waals surface area (Å²) in [5.41, 5.74) is 1.47. The first-order valence-electron chi connectivity index (χ1n) is 7.96. The number of benzene rings is 1. The van der Waals surface area contributed by atoms with Gasteiger partial charge in [-0.3, -0.25) is 0 Å². The average Bonchev–Trinajstić information content (AvgIpc) is 3.05. The quantitative estimate of drug-likeness (QED) is 0.653. The second kappa shape index (κ2) is 6.25. The van der Waals surface area contributed by atoms with Gasteiger partial charge in [-0.05, 0) is 18.2 Å². The highest BCUT2D eigenvalue weighted by molar-refractivity contribution is 7.88. The van der Waals surface area contributed by atoms with Gasteiger partial charge in [0.25, 0.3) is 0 Å². The predicted octanol–water partition coefficient (Wildman–Crippen LogP) is 0.431. The molecule has 4 rings (SSSR count). The zero-order valence-electron chi connectivity index (χ0n) is 13.9. The molecule has 0 unspecified atom stereocenters. The van der Waals surface area contributed by atoms with Crippen molar-refractivity contribution in [1.29, 1.82) is 0 Å². The van der Waals surface area contributed by atoms with Gasteiger partial charge in [0.2, 0.25) is 10.0 Å². The Balaban J connectivity index is 1.68. The number of hydrogen-bond acceptors (Lipinski definition) is 7. The third-order valence-electron chi connectivity index (χ3n) is 4.28. The number of aromatic nitrogens is 5. The van der Waals surface area contributed by atoms with Gasteiger partial charge in [0.1, 0.15) is 12.1 Å². The fraction of sp³-hybridized carbons (Fsp3) is 0.333. The maximum Gasteiger partial charge on any atom is 0.211 e. The molecule has 136 valence electrons. The Bertz CT molecular complexity index is 1060. The van der Waals surface area contributed by atoms with Gasteiger partial charge in [0.05, 0.1) is 11.9 Å². The van der Waals surface area contributed by atoms with Gasteiger partial charge >= 0.3 is 0 Å². The fourth-order valence-corrected chi connectivity index (χ4v) is 3.81. The number of fused-ring (bicyclic) bond motifs is 1. The third-order valence-corrected chi connectivity index (χ3v) is 5.58. The molecule has 0 N–H and O–H groups in total. The minimum atomic E-state index is -3.20. The van der Waals surface area contributed by atoms with Crippen molar-refractivity contribution in [3.63, 3.8) is 0 Å². The van der Waals surface area contributed by atoms with Crippen LogP contribution in [0.15, 0.2) is 30.6 Å². The molecule has 0 saturated carbocycles. The summed E-state index contributed by atoms with van der Waals surface area (Å²) in [6.45, 7) is 1.74. The molecular formula is C15H16FN7O2S. The van der Waals surface area contributed by atoms with Crippen LogP contribution < -0.4 is 4.90 Å². The van der Waals surface area contributed by atoms with Crippen LogP contribution in [-0.2, 0) is 10.0 Å². The number of sulfonamides is 1. The van der Waals surface area contributed by atoms with Gasteiger partial charge in [-0.25, -0.2) is 22.8 Å². The van der Waals surface area contributed by atoms with E-state index in [-0.39, 0.29) is 5.82 Å². The molecule has 0 spiro atoms. The zero-order chi connectivity index (χ0) is 18.3. The average molecular weight is 377 g/mol. The number of piperazine rings is 1. The van der Waals surface area contributed by atoms with Crippen LogP contribution in [0.3, 0.4) is 0 Å². The second-order valence-corrected chi connectivity index (χ2v) is 7.98. The van der Waals surface area contributed by atoms with Crippen LogP contribution in [0, 0.1) is 5.82 Å². The number of hydrogen-bond donors (Lipinski definition) is 0. The van der Waals surface area contributed by atoms with Gasteiger partial charge in [0, 0.05) is 26.2 Å².